The number of aromatic nitrogens is 2. The maximum absolute atomic E-state index is 12.5. The van der Waals surface area contributed by atoms with Crippen LogP contribution in [0.3, 0.4) is 0 Å². The molecule has 3 rings (SSSR count). The average molecular weight is 365 g/mol. The van der Waals surface area contributed by atoms with Crippen molar-refractivity contribution in [2.75, 3.05) is 7.11 Å². The van der Waals surface area contributed by atoms with Crippen molar-refractivity contribution >= 4 is 5.91 Å². The molecule has 1 amide bonds. The lowest BCUT2D eigenvalue weighted by molar-refractivity contribution is 0.0941. The van der Waals surface area contributed by atoms with Gasteiger partial charge in [-0.05, 0) is 24.6 Å². The number of benzene rings is 2. The van der Waals surface area contributed by atoms with Crippen molar-refractivity contribution in [3.8, 4) is 28.8 Å². The highest BCUT2D eigenvalue weighted by Crippen LogP contribution is 2.29. The zero-order valence-corrected chi connectivity index (χ0v) is 14.9. The van der Waals surface area contributed by atoms with Crippen molar-refractivity contribution in [1.29, 1.82) is 0 Å². The lowest BCUT2D eigenvalue weighted by Gasteiger charge is -2.10. The molecule has 0 unspecified atom stereocenters. The third-order valence-corrected chi connectivity index (χ3v) is 3.98. The smallest absolute Gasteiger partial charge is 0.274 e. The van der Waals surface area contributed by atoms with Crippen molar-refractivity contribution in [3.63, 3.8) is 0 Å². The minimum absolute atomic E-state index is 0.150. The van der Waals surface area contributed by atoms with Crippen molar-refractivity contribution < 1.29 is 19.7 Å². The summed E-state index contributed by atoms with van der Waals surface area (Å²) in [5.41, 5.74) is 2.20. The standard InChI is InChI=1S/C20H19N3O4/c1-12-6-8-14(9-7-12)18-22-16(17(24)20(26)23-18)19(25)21-11-13-4-3-5-15(10-13)27-2/h3-10,24H,11H2,1-2H3,(H,21,25)(H,22,23,26). The average Bonchev–Trinajstić information content (AvgIpc) is 2.69. The molecule has 0 bridgehead atoms. The molecule has 0 fully saturated rings. The van der Waals surface area contributed by atoms with Crippen molar-refractivity contribution in [1.82, 2.24) is 15.3 Å². The summed E-state index contributed by atoms with van der Waals surface area (Å²) < 4.78 is 5.15. The Hall–Kier alpha value is -3.61. The van der Waals surface area contributed by atoms with Crippen LogP contribution in [0.1, 0.15) is 21.6 Å². The number of carbonyl (C=O) groups excluding carboxylic acids is 1. The van der Waals surface area contributed by atoms with E-state index in [1.54, 1.807) is 31.4 Å². The van der Waals surface area contributed by atoms with E-state index in [0.29, 0.717) is 11.3 Å². The number of aromatic hydroxyl groups is 2. The molecule has 0 aliphatic heterocycles. The molecule has 0 saturated heterocycles. The summed E-state index contributed by atoms with van der Waals surface area (Å²) in [6, 6.07) is 14.5. The fourth-order valence-corrected chi connectivity index (χ4v) is 2.48. The van der Waals surface area contributed by atoms with E-state index in [9.17, 15) is 15.0 Å². The number of ether oxygens (including phenoxy) is 1. The summed E-state index contributed by atoms with van der Waals surface area (Å²) in [5.74, 6) is -1.11. The number of hydrogen-bond acceptors (Lipinski definition) is 6. The van der Waals surface area contributed by atoms with E-state index in [0.717, 1.165) is 11.1 Å². The van der Waals surface area contributed by atoms with E-state index < -0.39 is 17.5 Å². The van der Waals surface area contributed by atoms with Crippen LogP contribution in [0.4, 0.5) is 0 Å². The molecule has 138 valence electrons. The summed E-state index contributed by atoms with van der Waals surface area (Å²) >= 11 is 0. The first-order chi connectivity index (χ1) is 13.0. The van der Waals surface area contributed by atoms with Crippen LogP contribution in [-0.4, -0.2) is 33.2 Å². The van der Waals surface area contributed by atoms with Crippen molar-refractivity contribution in [2.24, 2.45) is 0 Å². The second kappa shape index (κ2) is 7.74. The highest BCUT2D eigenvalue weighted by atomic mass is 16.5. The Balaban J connectivity index is 1.84. The van der Waals surface area contributed by atoms with Crippen LogP contribution in [0.5, 0.6) is 17.4 Å². The molecule has 1 heterocycles. The lowest BCUT2D eigenvalue weighted by Crippen LogP contribution is -2.24. The summed E-state index contributed by atoms with van der Waals surface area (Å²) in [6.07, 6.45) is 0. The predicted molar refractivity (Wildman–Crippen MR) is 99.7 cm³/mol. The van der Waals surface area contributed by atoms with Gasteiger partial charge in [0, 0.05) is 12.1 Å². The van der Waals surface area contributed by atoms with E-state index >= 15 is 0 Å². The zero-order chi connectivity index (χ0) is 19.4. The fourth-order valence-electron chi connectivity index (χ4n) is 2.48. The van der Waals surface area contributed by atoms with Crippen LogP contribution < -0.4 is 10.1 Å². The van der Waals surface area contributed by atoms with Gasteiger partial charge in [-0.2, -0.15) is 4.98 Å². The molecule has 7 nitrogen and oxygen atoms in total. The molecule has 0 aliphatic carbocycles. The molecule has 27 heavy (non-hydrogen) atoms. The van der Waals surface area contributed by atoms with Crippen molar-refractivity contribution in [3.05, 3.63) is 65.4 Å². The van der Waals surface area contributed by atoms with Gasteiger partial charge in [-0.3, -0.25) is 4.79 Å². The monoisotopic (exact) mass is 365 g/mol. The van der Waals surface area contributed by atoms with E-state index in [2.05, 4.69) is 15.3 Å². The van der Waals surface area contributed by atoms with Gasteiger partial charge in [0.05, 0.1) is 7.11 Å². The first kappa shape index (κ1) is 18.2. The van der Waals surface area contributed by atoms with E-state index in [1.165, 1.54) is 0 Å². The second-order valence-electron chi connectivity index (χ2n) is 5.97. The summed E-state index contributed by atoms with van der Waals surface area (Å²) in [6.45, 7) is 2.15. The van der Waals surface area contributed by atoms with Crippen LogP contribution in [0.2, 0.25) is 0 Å². The molecule has 1 aromatic heterocycles. The Labute approximate surface area is 156 Å². The highest BCUT2D eigenvalue weighted by molar-refractivity contribution is 5.95. The molecule has 0 saturated carbocycles. The minimum Gasteiger partial charge on any atom is -0.501 e. The van der Waals surface area contributed by atoms with Gasteiger partial charge in [0.1, 0.15) is 5.75 Å². The third-order valence-electron chi connectivity index (χ3n) is 3.98. The summed E-state index contributed by atoms with van der Waals surface area (Å²) in [4.78, 5) is 20.5. The van der Waals surface area contributed by atoms with Gasteiger partial charge < -0.3 is 20.3 Å². The molecule has 2 aromatic carbocycles. The Bertz CT molecular complexity index is 971. The maximum Gasteiger partial charge on any atom is 0.274 e. The fraction of sp³-hybridized carbons (Fsp3) is 0.150. The Morgan fingerprint density at radius 2 is 1.85 bits per heavy atom. The maximum atomic E-state index is 12.5. The highest BCUT2D eigenvalue weighted by Gasteiger charge is 2.20. The number of nitrogens with one attached hydrogen (secondary N) is 1. The Morgan fingerprint density at radius 1 is 1.11 bits per heavy atom. The molecule has 0 atom stereocenters. The predicted octanol–water partition coefficient (Wildman–Crippen LogP) is 2.80. The Kier molecular flexibility index (Phi) is 5.21. The number of rotatable bonds is 5. The molecular weight excluding hydrogens is 346 g/mol. The Morgan fingerprint density at radius 3 is 2.56 bits per heavy atom. The number of methoxy groups -OCH3 is 1. The van der Waals surface area contributed by atoms with Gasteiger partial charge in [-0.25, -0.2) is 4.98 Å². The zero-order valence-electron chi connectivity index (χ0n) is 14.9. The molecule has 3 aromatic rings. The molecule has 7 heteroatoms. The summed E-state index contributed by atoms with van der Waals surface area (Å²) in [7, 11) is 1.56. The first-order valence-corrected chi connectivity index (χ1v) is 8.26. The normalized spacial score (nSPS) is 10.4. The van der Waals surface area contributed by atoms with Crippen molar-refractivity contribution in [2.45, 2.75) is 13.5 Å². The summed E-state index contributed by atoms with van der Waals surface area (Å²) in [5, 5.41) is 22.6. The molecule has 0 aliphatic rings. The number of nitrogens with zero attached hydrogens (tertiary/aromatic N) is 2. The van der Waals surface area contributed by atoms with Crippen LogP contribution in [-0.2, 0) is 6.54 Å². The van der Waals surface area contributed by atoms with Crippen LogP contribution in [0, 0.1) is 6.92 Å². The lowest BCUT2D eigenvalue weighted by atomic mass is 10.1. The van der Waals surface area contributed by atoms with Gasteiger partial charge in [-0.1, -0.05) is 42.0 Å². The van der Waals surface area contributed by atoms with Gasteiger partial charge in [0.15, 0.2) is 11.5 Å². The quantitative estimate of drug-likeness (QED) is 0.642. The van der Waals surface area contributed by atoms with E-state index in [-0.39, 0.29) is 18.1 Å². The molecular formula is C20H19N3O4. The SMILES string of the molecule is COc1cccc(CNC(=O)c2nc(-c3ccc(C)cc3)nc(O)c2O)c1. The number of hydrogen-bond donors (Lipinski definition) is 3. The van der Waals surface area contributed by atoms with Crippen LogP contribution in [0.25, 0.3) is 11.4 Å². The number of aryl methyl sites for hydroxylation is 1. The number of carbonyl (C=O) groups is 1. The topological polar surface area (TPSA) is 105 Å². The van der Waals surface area contributed by atoms with Crippen LogP contribution >= 0.6 is 0 Å². The van der Waals surface area contributed by atoms with Gasteiger partial charge in [0.2, 0.25) is 5.75 Å². The van der Waals surface area contributed by atoms with Gasteiger partial charge >= 0.3 is 0 Å². The van der Waals surface area contributed by atoms with E-state index in [1.807, 2.05) is 31.2 Å². The number of amides is 1. The molecule has 0 spiro atoms. The third kappa shape index (κ3) is 4.14. The van der Waals surface area contributed by atoms with E-state index in [4.69, 9.17) is 4.74 Å². The van der Waals surface area contributed by atoms with Gasteiger partial charge in [0.25, 0.3) is 11.8 Å². The first-order valence-electron chi connectivity index (χ1n) is 8.26. The molecule has 0 radical (unpaired) electrons. The second-order valence-corrected chi connectivity index (χ2v) is 5.97. The largest absolute Gasteiger partial charge is 0.501 e. The molecule has 3 N–H and O–H groups in total. The van der Waals surface area contributed by atoms with Gasteiger partial charge in [-0.15, -0.1) is 0 Å². The van der Waals surface area contributed by atoms with Crippen LogP contribution in [0.15, 0.2) is 48.5 Å². The minimum atomic E-state index is -0.658.